The summed E-state index contributed by atoms with van der Waals surface area (Å²) in [5, 5.41) is 11.3. The predicted octanol–water partition coefficient (Wildman–Crippen LogP) is 2.69. The topological polar surface area (TPSA) is 87.9 Å². The number of carbonyl (C=O) groups excluding carboxylic acids is 1. The normalized spacial score (nSPS) is 21.0. The highest BCUT2D eigenvalue weighted by Gasteiger charge is 2.51. The molecule has 1 atom stereocenters. The van der Waals surface area contributed by atoms with Crippen molar-refractivity contribution in [3.05, 3.63) is 42.2 Å². The molecule has 2 saturated heterocycles. The van der Waals surface area contributed by atoms with Gasteiger partial charge in [0.1, 0.15) is 5.75 Å². The van der Waals surface area contributed by atoms with Crippen LogP contribution < -0.4 is 9.64 Å². The van der Waals surface area contributed by atoms with Crippen LogP contribution in [0.2, 0.25) is 0 Å². The number of nitrogens with zero attached hydrogens (tertiary/aromatic N) is 4. The van der Waals surface area contributed by atoms with Gasteiger partial charge in [-0.15, -0.1) is 0 Å². The van der Waals surface area contributed by atoms with Crippen molar-refractivity contribution in [1.82, 2.24) is 14.7 Å². The van der Waals surface area contributed by atoms with Gasteiger partial charge in [-0.05, 0) is 37.1 Å². The first-order valence-corrected chi connectivity index (χ1v) is 10.00. The number of hydrogen-bond acceptors (Lipinski definition) is 5. The summed E-state index contributed by atoms with van der Waals surface area (Å²) in [5.74, 6) is -1.62. The van der Waals surface area contributed by atoms with Crippen LogP contribution in [-0.2, 0) is 23.2 Å². The van der Waals surface area contributed by atoms with E-state index >= 15 is 0 Å². The fraction of sp³-hybridized carbons (Fsp3) is 0.476. The molecule has 2 aliphatic heterocycles. The van der Waals surface area contributed by atoms with Gasteiger partial charge < -0.3 is 14.7 Å². The SMILES string of the molecule is COc1ccc(CN2CCC3(CCN(c4cnn(C)c4)C3=O)C2)cc1.O=C(O)C(F)(F)F. The molecule has 0 radical (unpaired) electrons. The highest BCUT2D eigenvalue weighted by atomic mass is 19.4. The molecule has 0 bridgehead atoms. The smallest absolute Gasteiger partial charge is 0.490 e. The van der Waals surface area contributed by atoms with E-state index in [1.54, 1.807) is 18.0 Å². The molecular weight excluding hydrogens is 429 g/mol. The maximum Gasteiger partial charge on any atom is 0.490 e. The van der Waals surface area contributed by atoms with Crippen LogP contribution in [-0.4, -0.2) is 64.6 Å². The number of benzene rings is 1. The number of alkyl halides is 3. The van der Waals surface area contributed by atoms with Crippen LogP contribution >= 0.6 is 0 Å². The Morgan fingerprint density at radius 1 is 1.22 bits per heavy atom. The Balaban J connectivity index is 0.000000360. The second kappa shape index (κ2) is 9.19. The first-order valence-electron chi connectivity index (χ1n) is 10.00. The lowest BCUT2D eigenvalue weighted by Gasteiger charge is -2.23. The molecule has 0 saturated carbocycles. The van der Waals surface area contributed by atoms with Gasteiger partial charge in [0.15, 0.2) is 0 Å². The summed E-state index contributed by atoms with van der Waals surface area (Å²) in [6.07, 6.45) is 0.487. The molecule has 1 N–H and O–H groups in total. The van der Waals surface area contributed by atoms with Gasteiger partial charge in [0.25, 0.3) is 0 Å². The summed E-state index contributed by atoms with van der Waals surface area (Å²) in [4.78, 5) is 26.3. The number of rotatable bonds is 4. The molecule has 1 aromatic carbocycles. The zero-order valence-corrected chi connectivity index (χ0v) is 17.8. The van der Waals surface area contributed by atoms with Crippen molar-refractivity contribution in [3.8, 4) is 5.75 Å². The maximum absolute atomic E-state index is 13.1. The number of carboxylic acid groups (broad SMARTS) is 1. The molecule has 1 unspecified atom stereocenters. The third kappa shape index (κ3) is 5.21. The van der Waals surface area contributed by atoms with E-state index in [1.807, 2.05) is 30.3 Å². The lowest BCUT2D eigenvalue weighted by Crippen LogP contribution is -2.36. The molecule has 8 nitrogen and oxygen atoms in total. The average molecular weight is 454 g/mol. The first kappa shape index (κ1) is 23.6. The van der Waals surface area contributed by atoms with Crippen molar-refractivity contribution in [2.45, 2.75) is 25.6 Å². The van der Waals surface area contributed by atoms with E-state index in [9.17, 15) is 18.0 Å². The zero-order valence-electron chi connectivity index (χ0n) is 17.8. The van der Waals surface area contributed by atoms with Crippen molar-refractivity contribution in [2.75, 3.05) is 31.6 Å². The summed E-state index contributed by atoms with van der Waals surface area (Å²) < 4.78 is 38.7. The Labute approximate surface area is 183 Å². The van der Waals surface area contributed by atoms with Crippen molar-refractivity contribution in [3.63, 3.8) is 0 Å². The van der Waals surface area contributed by atoms with Crippen molar-refractivity contribution >= 4 is 17.6 Å². The minimum absolute atomic E-state index is 0.220. The van der Waals surface area contributed by atoms with Crippen LogP contribution in [0.25, 0.3) is 0 Å². The van der Waals surface area contributed by atoms with Gasteiger partial charge in [0, 0.05) is 32.9 Å². The van der Waals surface area contributed by atoms with E-state index in [0.717, 1.165) is 50.5 Å². The number of anilines is 1. The number of hydrogen-bond donors (Lipinski definition) is 1. The largest absolute Gasteiger partial charge is 0.497 e. The van der Waals surface area contributed by atoms with E-state index in [-0.39, 0.29) is 11.3 Å². The Morgan fingerprint density at radius 3 is 2.38 bits per heavy atom. The number of carboxylic acids is 1. The Bertz CT molecular complexity index is 961. The molecule has 1 spiro atoms. The Morgan fingerprint density at radius 2 is 1.84 bits per heavy atom. The second-order valence-electron chi connectivity index (χ2n) is 7.97. The predicted molar refractivity (Wildman–Crippen MR) is 109 cm³/mol. The number of aromatic nitrogens is 2. The Kier molecular flexibility index (Phi) is 6.77. The number of aryl methyl sites for hydroxylation is 1. The molecule has 3 heterocycles. The molecule has 1 amide bonds. The van der Waals surface area contributed by atoms with Crippen molar-refractivity contribution < 1.29 is 32.6 Å². The van der Waals surface area contributed by atoms with E-state index in [1.165, 1.54) is 5.56 Å². The summed E-state index contributed by atoms with van der Waals surface area (Å²) in [5.41, 5.74) is 1.95. The molecule has 2 fully saturated rings. The monoisotopic (exact) mass is 454 g/mol. The summed E-state index contributed by atoms with van der Waals surface area (Å²) in [6.45, 7) is 3.49. The van der Waals surface area contributed by atoms with Gasteiger partial charge in [0.05, 0.1) is 24.4 Å². The summed E-state index contributed by atoms with van der Waals surface area (Å²) >= 11 is 0. The lowest BCUT2D eigenvalue weighted by molar-refractivity contribution is -0.192. The molecule has 4 rings (SSSR count). The van der Waals surface area contributed by atoms with E-state index in [4.69, 9.17) is 14.6 Å². The molecule has 11 heteroatoms. The maximum atomic E-state index is 13.1. The van der Waals surface area contributed by atoms with E-state index < -0.39 is 12.1 Å². The van der Waals surface area contributed by atoms with Crippen LogP contribution in [0.15, 0.2) is 36.7 Å². The van der Waals surface area contributed by atoms with Gasteiger partial charge in [0.2, 0.25) is 5.91 Å². The fourth-order valence-corrected chi connectivity index (χ4v) is 4.08. The third-order valence-corrected chi connectivity index (χ3v) is 5.76. The third-order valence-electron chi connectivity index (χ3n) is 5.76. The molecule has 2 aromatic rings. The van der Waals surface area contributed by atoms with Gasteiger partial charge in [-0.25, -0.2) is 4.79 Å². The molecule has 32 heavy (non-hydrogen) atoms. The van der Waals surface area contributed by atoms with Crippen molar-refractivity contribution in [2.24, 2.45) is 12.5 Å². The van der Waals surface area contributed by atoms with Crippen LogP contribution in [0.5, 0.6) is 5.75 Å². The highest BCUT2D eigenvalue weighted by molar-refractivity contribution is 6.00. The van der Waals surface area contributed by atoms with E-state index in [2.05, 4.69) is 22.1 Å². The number of aliphatic carboxylic acids is 1. The van der Waals surface area contributed by atoms with Crippen LogP contribution in [0.4, 0.5) is 18.9 Å². The van der Waals surface area contributed by atoms with Crippen LogP contribution in [0, 0.1) is 5.41 Å². The first-order chi connectivity index (χ1) is 15.0. The van der Waals surface area contributed by atoms with Crippen LogP contribution in [0.1, 0.15) is 18.4 Å². The molecule has 2 aliphatic rings. The number of likely N-dealkylation sites (tertiary alicyclic amines) is 1. The minimum Gasteiger partial charge on any atom is -0.497 e. The summed E-state index contributed by atoms with van der Waals surface area (Å²) in [7, 11) is 3.56. The van der Waals surface area contributed by atoms with Gasteiger partial charge in [-0.1, -0.05) is 12.1 Å². The van der Waals surface area contributed by atoms with Crippen LogP contribution in [0.3, 0.4) is 0 Å². The lowest BCUT2D eigenvalue weighted by atomic mass is 9.85. The van der Waals surface area contributed by atoms with Crippen molar-refractivity contribution in [1.29, 1.82) is 0 Å². The number of halogens is 3. The zero-order chi connectivity index (χ0) is 23.5. The second-order valence-corrected chi connectivity index (χ2v) is 7.97. The fourth-order valence-electron chi connectivity index (χ4n) is 4.08. The minimum atomic E-state index is -5.08. The van der Waals surface area contributed by atoms with Gasteiger partial charge in [-0.3, -0.25) is 14.4 Å². The Hall–Kier alpha value is -3.08. The van der Waals surface area contributed by atoms with Gasteiger partial charge in [-0.2, -0.15) is 18.3 Å². The van der Waals surface area contributed by atoms with Gasteiger partial charge >= 0.3 is 12.1 Å². The number of carbonyl (C=O) groups is 2. The molecule has 174 valence electrons. The number of amides is 1. The summed E-state index contributed by atoms with van der Waals surface area (Å²) in [6, 6.07) is 8.18. The number of ether oxygens (including phenoxy) is 1. The molecular formula is C21H25F3N4O4. The molecule has 0 aliphatic carbocycles. The molecule has 1 aromatic heterocycles. The highest BCUT2D eigenvalue weighted by Crippen LogP contribution is 2.42. The standard InChI is InChI=1S/C19H24N4O2.C2HF3O2/c1-21-13-16(11-20-21)23-10-8-19(18(23)24)7-9-22(14-19)12-15-3-5-17(25-2)6-4-15;3-2(4,5)1(6)7/h3-6,11,13H,7-10,12,14H2,1-2H3;(H,6,7). The number of methoxy groups -OCH3 is 1. The quantitative estimate of drug-likeness (QED) is 0.765. The average Bonchev–Trinajstić information content (AvgIpc) is 3.43. The van der Waals surface area contributed by atoms with E-state index in [0.29, 0.717) is 0 Å².